The Kier molecular flexibility index (Phi) is 5.92. The molecule has 2 aromatic carbocycles. The van der Waals surface area contributed by atoms with Crippen molar-refractivity contribution in [3.05, 3.63) is 58.1 Å². The third-order valence-electron chi connectivity index (χ3n) is 3.54. The van der Waals surface area contributed by atoms with Crippen LogP contribution in [0.4, 0.5) is 30.2 Å². The number of anilines is 2. The Morgan fingerprint density at radius 2 is 1.82 bits per heavy atom. The highest BCUT2D eigenvalue weighted by Crippen LogP contribution is 2.34. The van der Waals surface area contributed by atoms with Gasteiger partial charge in [0.2, 0.25) is 0 Å². The summed E-state index contributed by atoms with van der Waals surface area (Å²) in [5.74, 6) is -0.857. The van der Waals surface area contributed by atoms with Crippen molar-refractivity contribution in [3.63, 3.8) is 0 Å². The van der Waals surface area contributed by atoms with Gasteiger partial charge in [-0.3, -0.25) is 14.9 Å². The van der Waals surface area contributed by atoms with Gasteiger partial charge >= 0.3 is 5.51 Å². The van der Waals surface area contributed by atoms with Gasteiger partial charge in [-0.25, -0.2) is 8.42 Å². The van der Waals surface area contributed by atoms with Gasteiger partial charge < -0.3 is 10.6 Å². The van der Waals surface area contributed by atoms with Crippen molar-refractivity contribution in [2.75, 3.05) is 17.2 Å². The number of benzene rings is 2. The maximum atomic E-state index is 12.8. The van der Waals surface area contributed by atoms with E-state index in [1.165, 1.54) is 12.1 Å². The van der Waals surface area contributed by atoms with Gasteiger partial charge in [0, 0.05) is 24.2 Å². The lowest BCUT2D eigenvalue weighted by Crippen LogP contribution is -2.23. The number of non-ortho nitro benzene ring substituents is 1. The van der Waals surface area contributed by atoms with Crippen molar-refractivity contribution in [2.24, 2.45) is 0 Å². The van der Waals surface area contributed by atoms with Crippen molar-refractivity contribution in [3.8, 4) is 0 Å². The van der Waals surface area contributed by atoms with E-state index < -0.39 is 31.1 Å². The molecule has 0 radical (unpaired) electrons. The van der Waals surface area contributed by atoms with Gasteiger partial charge in [-0.15, -0.1) is 0 Å². The fourth-order valence-corrected chi connectivity index (χ4v) is 3.01. The van der Waals surface area contributed by atoms with Gasteiger partial charge in [0.25, 0.3) is 21.4 Å². The zero-order chi connectivity index (χ0) is 21.1. The SMILES string of the molecule is CCNc1ccc(S(=O)(=O)C(F)(F)F)cc1NC(=O)c1cccc([N+](=O)[O-])c1. The molecule has 2 N–H and O–H groups in total. The summed E-state index contributed by atoms with van der Waals surface area (Å²) in [6.07, 6.45) is 0. The van der Waals surface area contributed by atoms with Crippen molar-refractivity contribution >= 4 is 32.8 Å². The molecule has 1 amide bonds. The fourth-order valence-electron chi connectivity index (χ4n) is 2.23. The zero-order valence-electron chi connectivity index (χ0n) is 14.3. The first-order valence-electron chi connectivity index (χ1n) is 7.72. The quantitative estimate of drug-likeness (QED) is 0.548. The summed E-state index contributed by atoms with van der Waals surface area (Å²) in [6.45, 7) is 2.03. The van der Waals surface area contributed by atoms with Crippen molar-refractivity contribution in [1.29, 1.82) is 0 Å². The number of nitro benzene ring substituents is 1. The number of amides is 1. The van der Waals surface area contributed by atoms with Crippen LogP contribution in [-0.2, 0) is 9.84 Å². The molecule has 150 valence electrons. The molecule has 0 aromatic heterocycles. The molecule has 0 spiro atoms. The van der Waals surface area contributed by atoms with Crippen LogP contribution >= 0.6 is 0 Å². The molecule has 2 aromatic rings. The number of rotatable bonds is 6. The summed E-state index contributed by atoms with van der Waals surface area (Å²) in [5.41, 5.74) is -6.02. The normalized spacial score (nSPS) is 11.7. The van der Waals surface area contributed by atoms with Crippen molar-refractivity contribution < 1.29 is 31.3 Å². The highest BCUT2D eigenvalue weighted by molar-refractivity contribution is 7.92. The van der Waals surface area contributed by atoms with E-state index in [0.29, 0.717) is 12.6 Å². The third-order valence-corrected chi connectivity index (χ3v) is 5.02. The monoisotopic (exact) mass is 417 g/mol. The number of nitrogens with one attached hydrogen (secondary N) is 2. The topological polar surface area (TPSA) is 118 Å². The van der Waals surface area contributed by atoms with Crippen molar-refractivity contribution in [2.45, 2.75) is 17.3 Å². The molecule has 0 heterocycles. The Hall–Kier alpha value is -3.15. The Morgan fingerprint density at radius 3 is 2.39 bits per heavy atom. The number of hydrogen-bond donors (Lipinski definition) is 2. The minimum Gasteiger partial charge on any atom is -0.384 e. The van der Waals surface area contributed by atoms with Crippen LogP contribution in [0.5, 0.6) is 0 Å². The summed E-state index contributed by atoms with van der Waals surface area (Å²) in [7, 11) is -5.62. The Morgan fingerprint density at radius 1 is 1.14 bits per heavy atom. The van der Waals surface area contributed by atoms with Crippen LogP contribution in [0.15, 0.2) is 47.4 Å². The van der Waals surface area contributed by atoms with Gasteiger partial charge in [-0.2, -0.15) is 13.2 Å². The van der Waals surface area contributed by atoms with Crippen LogP contribution < -0.4 is 10.6 Å². The van der Waals surface area contributed by atoms with Gasteiger partial charge in [-0.1, -0.05) is 6.07 Å². The molecular weight excluding hydrogens is 403 g/mol. The summed E-state index contributed by atoms with van der Waals surface area (Å²) in [5, 5.41) is 15.9. The lowest BCUT2D eigenvalue weighted by atomic mass is 10.1. The number of sulfone groups is 1. The molecule has 0 bridgehead atoms. The van der Waals surface area contributed by atoms with E-state index in [0.717, 1.165) is 24.3 Å². The molecule has 0 fully saturated rings. The number of halogens is 3. The molecule has 8 nitrogen and oxygen atoms in total. The van der Waals surface area contributed by atoms with E-state index in [4.69, 9.17) is 0 Å². The van der Waals surface area contributed by atoms with E-state index in [-0.39, 0.29) is 22.6 Å². The Bertz CT molecular complexity index is 1020. The van der Waals surface area contributed by atoms with Crippen LogP contribution in [0.2, 0.25) is 0 Å². The fraction of sp³-hybridized carbons (Fsp3) is 0.188. The number of carbonyl (C=O) groups excluding carboxylic acids is 1. The second-order valence-corrected chi connectivity index (χ2v) is 7.39. The van der Waals surface area contributed by atoms with Gasteiger partial charge in [0.15, 0.2) is 0 Å². The molecule has 0 aliphatic rings. The van der Waals surface area contributed by atoms with E-state index in [1.54, 1.807) is 6.92 Å². The molecule has 12 heteroatoms. The zero-order valence-corrected chi connectivity index (χ0v) is 15.1. The molecular formula is C16H14F3N3O5S. The Balaban J connectivity index is 2.45. The number of nitrogens with zero attached hydrogens (tertiary/aromatic N) is 1. The second kappa shape index (κ2) is 7.84. The molecule has 0 saturated heterocycles. The standard InChI is InChI=1S/C16H14F3N3O5S/c1-2-20-13-7-6-12(28(26,27)16(17,18)19)9-14(13)21-15(23)10-4-3-5-11(8-10)22(24)25/h3-9,20H,2H2,1H3,(H,21,23). The first-order chi connectivity index (χ1) is 13.0. The van der Waals surface area contributed by atoms with Gasteiger partial charge in [-0.05, 0) is 31.2 Å². The second-order valence-electron chi connectivity index (χ2n) is 5.45. The predicted octanol–water partition coefficient (Wildman–Crippen LogP) is 3.57. The van der Waals surface area contributed by atoms with Crippen LogP contribution in [0.25, 0.3) is 0 Å². The maximum Gasteiger partial charge on any atom is 0.501 e. The highest BCUT2D eigenvalue weighted by atomic mass is 32.2. The van der Waals surface area contributed by atoms with Gasteiger partial charge in [0.1, 0.15) is 0 Å². The average molecular weight is 417 g/mol. The van der Waals surface area contributed by atoms with Gasteiger partial charge in [0.05, 0.1) is 21.2 Å². The summed E-state index contributed by atoms with van der Waals surface area (Å²) in [6, 6.07) is 7.22. The van der Waals surface area contributed by atoms with Crippen molar-refractivity contribution in [1.82, 2.24) is 0 Å². The summed E-state index contributed by atoms with van der Waals surface area (Å²) >= 11 is 0. The molecule has 0 unspecified atom stereocenters. The maximum absolute atomic E-state index is 12.8. The average Bonchev–Trinajstić information content (AvgIpc) is 2.62. The smallest absolute Gasteiger partial charge is 0.384 e. The number of nitro groups is 1. The minimum absolute atomic E-state index is 0.124. The molecule has 0 aliphatic carbocycles. The lowest BCUT2D eigenvalue weighted by Gasteiger charge is -2.15. The minimum atomic E-state index is -5.62. The van der Waals surface area contributed by atoms with Crippen LogP contribution in [0.1, 0.15) is 17.3 Å². The number of carbonyl (C=O) groups is 1. The number of alkyl halides is 3. The predicted molar refractivity (Wildman–Crippen MR) is 94.9 cm³/mol. The molecule has 0 atom stereocenters. The number of hydrogen-bond acceptors (Lipinski definition) is 6. The van der Waals surface area contributed by atoms with Crippen LogP contribution in [0, 0.1) is 10.1 Å². The van der Waals surface area contributed by atoms with E-state index in [9.17, 15) is 36.5 Å². The molecule has 0 aliphatic heterocycles. The largest absolute Gasteiger partial charge is 0.501 e. The third kappa shape index (κ3) is 4.39. The van der Waals surface area contributed by atoms with E-state index >= 15 is 0 Å². The van der Waals surface area contributed by atoms with E-state index in [2.05, 4.69) is 10.6 Å². The summed E-state index contributed by atoms with van der Waals surface area (Å²) in [4.78, 5) is 21.4. The summed E-state index contributed by atoms with van der Waals surface area (Å²) < 4.78 is 61.6. The van der Waals surface area contributed by atoms with E-state index in [1.807, 2.05) is 0 Å². The first-order valence-corrected chi connectivity index (χ1v) is 9.20. The molecule has 28 heavy (non-hydrogen) atoms. The van der Waals surface area contributed by atoms with Crippen LogP contribution in [-0.4, -0.2) is 31.3 Å². The molecule has 0 saturated carbocycles. The Labute approximate surface area is 157 Å². The lowest BCUT2D eigenvalue weighted by molar-refractivity contribution is -0.384. The first kappa shape index (κ1) is 21.2. The molecule has 2 rings (SSSR count). The van der Waals surface area contributed by atoms with Crippen LogP contribution in [0.3, 0.4) is 0 Å². The highest BCUT2D eigenvalue weighted by Gasteiger charge is 2.47.